The molecule has 0 bridgehead atoms. The average Bonchev–Trinajstić information content (AvgIpc) is 2.22. The van der Waals surface area contributed by atoms with Gasteiger partial charge in [-0.05, 0) is 12.8 Å². The first-order valence-electron chi connectivity index (χ1n) is 4.72. The summed E-state index contributed by atoms with van der Waals surface area (Å²) in [5.74, 6) is -0.434. The van der Waals surface area contributed by atoms with E-state index in [0.717, 1.165) is 0 Å². The second-order valence-electron chi connectivity index (χ2n) is 2.99. The van der Waals surface area contributed by atoms with E-state index < -0.39 is 6.04 Å². The Balaban J connectivity index is 3.45. The maximum absolute atomic E-state index is 11.1. The Morgan fingerprint density at radius 1 is 1.50 bits per heavy atom. The lowest BCUT2D eigenvalue weighted by molar-refractivity contribution is -0.140. The molecule has 0 aromatic heterocycles. The fourth-order valence-corrected chi connectivity index (χ4v) is 0.863. The van der Waals surface area contributed by atoms with Crippen molar-refractivity contribution in [1.29, 1.82) is 0 Å². The molecular formula is C9H18N2O3. The van der Waals surface area contributed by atoms with Gasteiger partial charge < -0.3 is 15.8 Å². The quantitative estimate of drug-likeness (QED) is 0.461. The van der Waals surface area contributed by atoms with Crippen LogP contribution in [-0.2, 0) is 14.3 Å². The summed E-state index contributed by atoms with van der Waals surface area (Å²) in [5, 5.41) is 2.64. The Morgan fingerprint density at radius 2 is 2.14 bits per heavy atom. The van der Waals surface area contributed by atoms with E-state index in [1.807, 2.05) is 6.92 Å². The molecule has 3 N–H and O–H groups in total. The van der Waals surface area contributed by atoms with Crippen molar-refractivity contribution in [3.05, 3.63) is 0 Å². The molecule has 0 heterocycles. The maximum Gasteiger partial charge on any atom is 0.305 e. The van der Waals surface area contributed by atoms with Gasteiger partial charge in [0.05, 0.1) is 13.2 Å². The van der Waals surface area contributed by atoms with Gasteiger partial charge in [-0.15, -0.1) is 0 Å². The summed E-state index contributed by atoms with van der Waals surface area (Å²) in [6.07, 6.45) is 1.51. The van der Waals surface area contributed by atoms with Crippen LogP contribution in [0.25, 0.3) is 0 Å². The molecule has 0 aromatic carbocycles. The molecular weight excluding hydrogens is 184 g/mol. The van der Waals surface area contributed by atoms with Crippen LogP contribution in [-0.4, -0.2) is 31.6 Å². The fraction of sp³-hybridized carbons (Fsp3) is 0.778. The van der Waals surface area contributed by atoms with Crippen molar-refractivity contribution in [1.82, 2.24) is 5.32 Å². The zero-order chi connectivity index (χ0) is 11.0. The summed E-state index contributed by atoms with van der Waals surface area (Å²) in [7, 11) is 1.34. The Hall–Kier alpha value is -1.10. The number of amides is 1. The highest BCUT2D eigenvalue weighted by molar-refractivity contribution is 5.81. The lowest BCUT2D eigenvalue weighted by Crippen LogP contribution is -2.40. The van der Waals surface area contributed by atoms with Crippen LogP contribution in [0.3, 0.4) is 0 Å². The van der Waals surface area contributed by atoms with Gasteiger partial charge in [0.2, 0.25) is 5.91 Å². The van der Waals surface area contributed by atoms with E-state index in [2.05, 4.69) is 10.1 Å². The van der Waals surface area contributed by atoms with Crippen LogP contribution in [0.4, 0.5) is 0 Å². The van der Waals surface area contributed by atoms with Crippen molar-refractivity contribution in [2.24, 2.45) is 5.73 Å². The molecule has 1 atom stereocenters. The minimum Gasteiger partial charge on any atom is -0.469 e. The normalized spacial score (nSPS) is 11.9. The highest BCUT2D eigenvalue weighted by atomic mass is 16.5. The van der Waals surface area contributed by atoms with E-state index >= 15 is 0 Å². The van der Waals surface area contributed by atoms with Gasteiger partial charge in [0.15, 0.2) is 0 Å². The Labute approximate surface area is 84.0 Å². The highest BCUT2D eigenvalue weighted by Crippen LogP contribution is 1.91. The number of hydrogen-bond donors (Lipinski definition) is 2. The predicted octanol–water partition coefficient (Wildman–Crippen LogP) is -0.207. The highest BCUT2D eigenvalue weighted by Gasteiger charge is 2.09. The molecule has 0 aliphatic heterocycles. The standard InChI is InChI=1S/C9H18N2O3/c1-3-7(10)9(13)11-6-4-5-8(12)14-2/h7H,3-6,10H2,1-2H3,(H,11,13). The van der Waals surface area contributed by atoms with E-state index in [9.17, 15) is 9.59 Å². The van der Waals surface area contributed by atoms with Crippen molar-refractivity contribution in [2.45, 2.75) is 32.2 Å². The molecule has 0 saturated carbocycles. The van der Waals surface area contributed by atoms with Gasteiger partial charge in [-0.1, -0.05) is 6.92 Å². The van der Waals surface area contributed by atoms with Gasteiger partial charge >= 0.3 is 5.97 Å². The number of methoxy groups -OCH3 is 1. The van der Waals surface area contributed by atoms with Crippen molar-refractivity contribution >= 4 is 11.9 Å². The molecule has 14 heavy (non-hydrogen) atoms. The van der Waals surface area contributed by atoms with E-state index in [1.165, 1.54) is 7.11 Å². The summed E-state index contributed by atoms with van der Waals surface area (Å²) < 4.78 is 4.45. The number of carbonyl (C=O) groups is 2. The van der Waals surface area contributed by atoms with Gasteiger partial charge in [-0.3, -0.25) is 9.59 Å². The third-order valence-corrected chi connectivity index (χ3v) is 1.86. The molecule has 0 aromatic rings. The van der Waals surface area contributed by atoms with E-state index in [4.69, 9.17) is 5.73 Å². The van der Waals surface area contributed by atoms with Crippen LogP contribution in [0.5, 0.6) is 0 Å². The van der Waals surface area contributed by atoms with E-state index in [-0.39, 0.29) is 11.9 Å². The molecule has 5 heteroatoms. The number of carbonyl (C=O) groups excluding carboxylic acids is 2. The smallest absolute Gasteiger partial charge is 0.305 e. The number of nitrogens with two attached hydrogens (primary N) is 1. The zero-order valence-corrected chi connectivity index (χ0v) is 8.71. The average molecular weight is 202 g/mol. The third kappa shape index (κ3) is 5.53. The molecule has 0 radical (unpaired) electrons. The van der Waals surface area contributed by atoms with Crippen LogP contribution in [0.1, 0.15) is 26.2 Å². The lowest BCUT2D eigenvalue weighted by Gasteiger charge is -2.09. The van der Waals surface area contributed by atoms with Crippen LogP contribution in [0.15, 0.2) is 0 Å². The van der Waals surface area contributed by atoms with Gasteiger partial charge in [-0.25, -0.2) is 0 Å². The molecule has 0 aliphatic rings. The molecule has 5 nitrogen and oxygen atoms in total. The SMILES string of the molecule is CCC(N)C(=O)NCCCC(=O)OC. The number of nitrogens with one attached hydrogen (secondary N) is 1. The predicted molar refractivity (Wildman–Crippen MR) is 52.5 cm³/mol. The number of ether oxygens (including phenoxy) is 1. The minimum atomic E-state index is -0.451. The summed E-state index contributed by atoms with van der Waals surface area (Å²) in [6, 6.07) is -0.451. The molecule has 1 unspecified atom stereocenters. The second kappa shape index (κ2) is 7.32. The summed E-state index contributed by atoms with van der Waals surface area (Å²) in [4.78, 5) is 21.8. The monoisotopic (exact) mass is 202 g/mol. The number of rotatable bonds is 6. The molecule has 0 fully saturated rings. The topological polar surface area (TPSA) is 81.4 Å². The van der Waals surface area contributed by atoms with Gasteiger partial charge in [0.1, 0.15) is 0 Å². The second-order valence-corrected chi connectivity index (χ2v) is 2.99. The van der Waals surface area contributed by atoms with Crippen molar-refractivity contribution in [2.75, 3.05) is 13.7 Å². The zero-order valence-electron chi connectivity index (χ0n) is 8.71. The molecule has 0 saturated heterocycles. The molecule has 0 aliphatic carbocycles. The van der Waals surface area contributed by atoms with Crippen LogP contribution >= 0.6 is 0 Å². The summed E-state index contributed by atoms with van der Waals surface area (Å²) >= 11 is 0. The fourth-order valence-electron chi connectivity index (χ4n) is 0.863. The lowest BCUT2D eigenvalue weighted by atomic mass is 10.2. The molecule has 1 amide bonds. The van der Waals surface area contributed by atoms with Crippen LogP contribution in [0.2, 0.25) is 0 Å². The largest absolute Gasteiger partial charge is 0.469 e. The first kappa shape index (κ1) is 12.9. The maximum atomic E-state index is 11.1. The molecule has 0 spiro atoms. The Bertz CT molecular complexity index is 194. The van der Waals surface area contributed by atoms with E-state index in [0.29, 0.717) is 25.8 Å². The summed E-state index contributed by atoms with van der Waals surface area (Å²) in [5.41, 5.74) is 5.48. The molecule has 0 rings (SSSR count). The summed E-state index contributed by atoms with van der Waals surface area (Å²) in [6.45, 7) is 2.31. The van der Waals surface area contributed by atoms with Gasteiger partial charge in [0.25, 0.3) is 0 Å². The van der Waals surface area contributed by atoms with Crippen molar-refractivity contribution in [3.63, 3.8) is 0 Å². The van der Waals surface area contributed by atoms with Crippen molar-refractivity contribution < 1.29 is 14.3 Å². The van der Waals surface area contributed by atoms with Gasteiger partial charge in [0, 0.05) is 13.0 Å². The molecule has 82 valence electrons. The minimum absolute atomic E-state index is 0.169. The Morgan fingerprint density at radius 3 is 2.64 bits per heavy atom. The third-order valence-electron chi connectivity index (χ3n) is 1.86. The first-order chi connectivity index (χ1) is 6.61. The van der Waals surface area contributed by atoms with Crippen LogP contribution < -0.4 is 11.1 Å². The van der Waals surface area contributed by atoms with Crippen molar-refractivity contribution in [3.8, 4) is 0 Å². The Kier molecular flexibility index (Phi) is 6.74. The van der Waals surface area contributed by atoms with Gasteiger partial charge in [-0.2, -0.15) is 0 Å². The first-order valence-corrected chi connectivity index (χ1v) is 4.72. The number of hydrogen-bond acceptors (Lipinski definition) is 4. The number of esters is 1. The van der Waals surface area contributed by atoms with Crippen LogP contribution in [0, 0.1) is 0 Å². The van der Waals surface area contributed by atoms with E-state index in [1.54, 1.807) is 0 Å².